The first-order valence-electron chi connectivity index (χ1n) is 8.40. The third-order valence-corrected chi connectivity index (χ3v) is 5.39. The third kappa shape index (κ3) is 3.52. The smallest absolute Gasteiger partial charge is 0.236 e. The maximum Gasteiger partial charge on any atom is 0.236 e. The van der Waals surface area contributed by atoms with Crippen LogP contribution in [0.2, 0.25) is 0 Å². The number of thiophene rings is 1. The highest BCUT2D eigenvalue weighted by atomic mass is 32.1. The Morgan fingerprint density at radius 2 is 2.08 bits per heavy atom. The number of oxazole rings is 1. The number of hydrogen-bond donors (Lipinski definition) is 1. The number of rotatable bonds is 4. The predicted molar refractivity (Wildman–Crippen MR) is 101 cm³/mol. The van der Waals surface area contributed by atoms with E-state index in [0.717, 1.165) is 48.3 Å². The van der Waals surface area contributed by atoms with Gasteiger partial charge in [0.15, 0.2) is 0 Å². The van der Waals surface area contributed by atoms with Crippen molar-refractivity contribution in [2.24, 2.45) is 0 Å². The molecule has 1 aliphatic heterocycles. The summed E-state index contributed by atoms with van der Waals surface area (Å²) in [6.45, 7) is 4.69. The van der Waals surface area contributed by atoms with Crippen molar-refractivity contribution in [3.05, 3.63) is 64.9 Å². The van der Waals surface area contributed by atoms with Crippen molar-refractivity contribution in [1.82, 2.24) is 9.88 Å². The van der Waals surface area contributed by atoms with Crippen molar-refractivity contribution < 1.29 is 9.52 Å². The monoisotopic (exact) mass is 352 g/mol. The number of aromatic hydroxyl groups is 1. The van der Waals surface area contributed by atoms with Gasteiger partial charge in [-0.25, -0.2) is 4.98 Å². The summed E-state index contributed by atoms with van der Waals surface area (Å²) < 4.78 is 5.84. The van der Waals surface area contributed by atoms with E-state index in [-0.39, 0.29) is 0 Å². The molecule has 1 aliphatic rings. The lowest BCUT2D eigenvalue weighted by atomic mass is 9.99. The molecule has 4 nitrogen and oxygen atoms in total. The zero-order valence-electron chi connectivity index (χ0n) is 14.1. The van der Waals surface area contributed by atoms with Gasteiger partial charge in [-0.3, -0.25) is 4.90 Å². The van der Waals surface area contributed by atoms with Crippen LogP contribution in [0.25, 0.3) is 16.3 Å². The van der Waals surface area contributed by atoms with E-state index in [0.29, 0.717) is 5.75 Å². The minimum absolute atomic E-state index is 0.310. The van der Waals surface area contributed by atoms with Crippen LogP contribution in [0.4, 0.5) is 0 Å². The number of aromatic nitrogens is 1. The molecule has 0 fully saturated rings. The van der Waals surface area contributed by atoms with Gasteiger partial charge < -0.3 is 9.52 Å². The van der Waals surface area contributed by atoms with Crippen molar-refractivity contribution in [3.63, 3.8) is 0 Å². The Labute approximate surface area is 151 Å². The summed E-state index contributed by atoms with van der Waals surface area (Å²) in [7, 11) is 0. The SMILES string of the molecule is Cc1oc(-c2cccs2)nc1CN1CC=C(c2ccc(O)cc2)CC1. The van der Waals surface area contributed by atoms with Gasteiger partial charge in [0.05, 0.1) is 10.6 Å². The molecule has 5 heteroatoms. The highest BCUT2D eigenvalue weighted by molar-refractivity contribution is 7.13. The molecule has 25 heavy (non-hydrogen) atoms. The quantitative estimate of drug-likeness (QED) is 0.739. The number of nitrogens with zero attached hydrogens (tertiary/aromatic N) is 2. The lowest BCUT2D eigenvalue weighted by Gasteiger charge is -2.25. The van der Waals surface area contributed by atoms with Crippen molar-refractivity contribution in [1.29, 1.82) is 0 Å². The molecule has 0 saturated carbocycles. The summed E-state index contributed by atoms with van der Waals surface area (Å²) in [4.78, 5) is 8.14. The molecule has 0 spiro atoms. The van der Waals surface area contributed by atoms with Crippen LogP contribution in [-0.4, -0.2) is 28.1 Å². The Hall–Kier alpha value is -2.37. The number of benzene rings is 1. The molecular weight excluding hydrogens is 332 g/mol. The summed E-state index contributed by atoms with van der Waals surface area (Å²) in [6.07, 6.45) is 3.27. The van der Waals surface area contributed by atoms with E-state index in [4.69, 9.17) is 4.42 Å². The maximum atomic E-state index is 9.41. The van der Waals surface area contributed by atoms with Crippen molar-refractivity contribution in [3.8, 4) is 16.5 Å². The van der Waals surface area contributed by atoms with E-state index in [2.05, 4.69) is 16.0 Å². The molecule has 0 saturated heterocycles. The van der Waals surface area contributed by atoms with Gasteiger partial charge in [-0.2, -0.15) is 0 Å². The van der Waals surface area contributed by atoms with E-state index < -0.39 is 0 Å². The fourth-order valence-electron chi connectivity index (χ4n) is 3.08. The number of hydrogen-bond acceptors (Lipinski definition) is 5. The summed E-state index contributed by atoms with van der Waals surface area (Å²) in [6, 6.07) is 11.5. The van der Waals surface area contributed by atoms with Gasteiger partial charge in [-0.1, -0.05) is 24.3 Å². The predicted octanol–water partition coefficient (Wildman–Crippen LogP) is 4.71. The molecular formula is C20H20N2O2S. The van der Waals surface area contributed by atoms with E-state index in [1.165, 1.54) is 11.1 Å². The Morgan fingerprint density at radius 1 is 1.24 bits per heavy atom. The molecule has 0 amide bonds. The molecule has 0 radical (unpaired) electrons. The average Bonchev–Trinajstić information content (AvgIpc) is 3.27. The van der Waals surface area contributed by atoms with Crippen LogP contribution in [-0.2, 0) is 6.54 Å². The summed E-state index contributed by atoms with van der Waals surface area (Å²) in [5, 5.41) is 11.5. The first-order valence-corrected chi connectivity index (χ1v) is 9.28. The van der Waals surface area contributed by atoms with Crippen LogP contribution in [0.1, 0.15) is 23.4 Å². The van der Waals surface area contributed by atoms with E-state index in [1.807, 2.05) is 36.6 Å². The molecule has 1 N–H and O–H groups in total. The molecule has 128 valence electrons. The number of aryl methyl sites for hydroxylation is 1. The van der Waals surface area contributed by atoms with Crippen LogP contribution in [0.15, 0.2) is 52.3 Å². The molecule has 3 aromatic rings. The van der Waals surface area contributed by atoms with E-state index >= 15 is 0 Å². The molecule has 2 aromatic heterocycles. The maximum absolute atomic E-state index is 9.41. The fraction of sp³-hybridized carbons (Fsp3) is 0.250. The molecule has 3 heterocycles. The largest absolute Gasteiger partial charge is 0.508 e. The van der Waals surface area contributed by atoms with Crippen LogP contribution in [0.3, 0.4) is 0 Å². The first-order chi connectivity index (χ1) is 12.2. The topological polar surface area (TPSA) is 49.5 Å². The Morgan fingerprint density at radius 3 is 2.76 bits per heavy atom. The van der Waals surface area contributed by atoms with Crippen LogP contribution in [0, 0.1) is 6.92 Å². The van der Waals surface area contributed by atoms with Crippen LogP contribution in [0.5, 0.6) is 5.75 Å². The van der Waals surface area contributed by atoms with Gasteiger partial charge in [0, 0.05) is 19.6 Å². The Kier molecular flexibility index (Phi) is 4.42. The second-order valence-corrected chi connectivity index (χ2v) is 7.21. The van der Waals surface area contributed by atoms with Gasteiger partial charge in [0.1, 0.15) is 11.5 Å². The molecule has 1 aromatic carbocycles. The summed E-state index contributed by atoms with van der Waals surface area (Å²) in [5.41, 5.74) is 3.55. The lowest BCUT2D eigenvalue weighted by molar-refractivity contribution is 0.289. The fourth-order valence-corrected chi connectivity index (χ4v) is 3.73. The summed E-state index contributed by atoms with van der Waals surface area (Å²) >= 11 is 1.65. The molecule has 0 unspecified atom stereocenters. The van der Waals surface area contributed by atoms with Gasteiger partial charge in [0.25, 0.3) is 0 Å². The second kappa shape index (κ2) is 6.86. The van der Waals surface area contributed by atoms with Crippen molar-refractivity contribution in [2.45, 2.75) is 19.9 Å². The zero-order chi connectivity index (χ0) is 17.2. The highest BCUT2D eigenvalue weighted by Crippen LogP contribution is 2.28. The van der Waals surface area contributed by atoms with Crippen LogP contribution >= 0.6 is 11.3 Å². The van der Waals surface area contributed by atoms with Crippen molar-refractivity contribution >= 4 is 16.9 Å². The first kappa shape index (κ1) is 16.1. The molecule has 0 atom stereocenters. The number of phenols is 1. The van der Waals surface area contributed by atoms with E-state index in [1.54, 1.807) is 23.5 Å². The molecule has 0 aliphatic carbocycles. The normalized spacial score (nSPS) is 15.3. The minimum Gasteiger partial charge on any atom is -0.508 e. The van der Waals surface area contributed by atoms with Gasteiger partial charge in [-0.05, 0) is 48.1 Å². The lowest BCUT2D eigenvalue weighted by Crippen LogP contribution is -2.28. The van der Waals surface area contributed by atoms with Crippen LogP contribution < -0.4 is 0 Å². The summed E-state index contributed by atoms with van der Waals surface area (Å²) in [5.74, 6) is 1.93. The van der Waals surface area contributed by atoms with Gasteiger partial charge in [-0.15, -0.1) is 11.3 Å². The standard InChI is InChI=1S/C20H20N2O2S/c1-14-18(21-20(24-14)19-3-2-12-25-19)13-22-10-8-16(9-11-22)15-4-6-17(23)7-5-15/h2-8,12,23H,9-11,13H2,1H3. The van der Waals surface area contributed by atoms with Crippen molar-refractivity contribution in [2.75, 3.05) is 13.1 Å². The van der Waals surface area contributed by atoms with Gasteiger partial charge in [0.2, 0.25) is 5.89 Å². The van der Waals surface area contributed by atoms with E-state index in [9.17, 15) is 5.11 Å². The molecule has 4 rings (SSSR count). The highest BCUT2D eigenvalue weighted by Gasteiger charge is 2.18. The van der Waals surface area contributed by atoms with Gasteiger partial charge >= 0.3 is 0 Å². The Balaban J connectivity index is 1.44. The zero-order valence-corrected chi connectivity index (χ0v) is 14.9. The number of phenolic OH excluding ortho intramolecular Hbond substituents is 1. The third-order valence-electron chi connectivity index (χ3n) is 4.53. The molecule has 0 bridgehead atoms. The average molecular weight is 352 g/mol. The Bertz CT molecular complexity index is 879. The minimum atomic E-state index is 0.310. The second-order valence-electron chi connectivity index (χ2n) is 6.26.